The summed E-state index contributed by atoms with van der Waals surface area (Å²) in [5, 5.41) is 10.7. The minimum Gasteiger partial charge on any atom is -0.619 e. The summed E-state index contributed by atoms with van der Waals surface area (Å²) in [6.07, 6.45) is 5.94. The Hall–Kier alpha value is -1.71. The van der Waals surface area contributed by atoms with Crippen LogP contribution in [0.25, 0.3) is 11.0 Å². The number of pyridine rings is 1. The van der Waals surface area contributed by atoms with Gasteiger partial charge in [0.25, 0.3) is 0 Å². The maximum atomic E-state index is 10.7. The summed E-state index contributed by atoms with van der Waals surface area (Å²) in [5.74, 6) is 0. The van der Waals surface area contributed by atoms with Crippen molar-refractivity contribution in [2.75, 3.05) is 0 Å². The number of fused-ring (bicyclic) bond motifs is 1. The van der Waals surface area contributed by atoms with E-state index in [1.807, 2.05) is 0 Å². The third kappa shape index (κ3) is 0.980. The van der Waals surface area contributed by atoms with E-state index >= 15 is 0 Å². The highest BCUT2D eigenvalue weighted by molar-refractivity contribution is 5.70. The van der Waals surface area contributed by atoms with Crippen molar-refractivity contribution >= 4 is 11.0 Å². The first-order valence-corrected chi connectivity index (χ1v) is 3.16. The van der Waals surface area contributed by atoms with Crippen LogP contribution in [0.2, 0.25) is 0 Å². The third-order valence-corrected chi connectivity index (χ3v) is 1.39. The Kier molecular flexibility index (Phi) is 1.18. The molecule has 0 atom stereocenters. The van der Waals surface area contributed by atoms with E-state index in [9.17, 15) is 5.21 Å². The van der Waals surface area contributed by atoms with Crippen LogP contribution in [-0.4, -0.2) is 9.97 Å². The molecule has 0 saturated heterocycles. The smallest absolute Gasteiger partial charge is 0.208 e. The molecule has 0 aliphatic rings. The second-order valence-electron chi connectivity index (χ2n) is 2.13. The Bertz CT molecular complexity index is 388. The maximum Gasteiger partial charge on any atom is 0.208 e. The van der Waals surface area contributed by atoms with Crippen molar-refractivity contribution in [3.05, 3.63) is 36.1 Å². The lowest BCUT2D eigenvalue weighted by molar-refractivity contribution is -0.604. The van der Waals surface area contributed by atoms with Crippen molar-refractivity contribution in [3.8, 4) is 0 Å². The summed E-state index contributed by atoms with van der Waals surface area (Å²) >= 11 is 0. The quantitative estimate of drug-likeness (QED) is 0.397. The van der Waals surface area contributed by atoms with Gasteiger partial charge in [0.15, 0.2) is 11.7 Å². The van der Waals surface area contributed by atoms with Crippen LogP contribution in [0.3, 0.4) is 0 Å². The highest BCUT2D eigenvalue weighted by Crippen LogP contribution is 2.01. The Morgan fingerprint density at radius 3 is 2.73 bits per heavy atom. The second kappa shape index (κ2) is 2.16. The molecule has 0 N–H and O–H groups in total. The van der Waals surface area contributed by atoms with Gasteiger partial charge in [-0.25, -0.2) is 4.98 Å². The predicted molar refractivity (Wildman–Crippen MR) is 38.5 cm³/mol. The Labute approximate surface area is 62.7 Å². The summed E-state index contributed by atoms with van der Waals surface area (Å²) in [7, 11) is 0. The van der Waals surface area contributed by atoms with Crippen LogP contribution < -0.4 is 4.73 Å². The lowest BCUT2D eigenvalue weighted by Gasteiger charge is -1.95. The van der Waals surface area contributed by atoms with E-state index in [-0.39, 0.29) is 0 Å². The molecular weight excluding hydrogens is 142 g/mol. The van der Waals surface area contributed by atoms with Crippen molar-refractivity contribution < 1.29 is 4.73 Å². The zero-order valence-corrected chi connectivity index (χ0v) is 5.64. The molecule has 0 aliphatic heterocycles. The number of hydrogen-bond donors (Lipinski definition) is 0. The minimum atomic E-state index is 0.616. The predicted octanol–water partition coefficient (Wildman–Crippen LogP) is 0.263. The van der Waals surface area contributed by atoms with Gasteiger partial charge in [-0.15, -0.1) is 0 Å². The highest BCUT2D eigenvalue weighted by atomic mass is 16.5. The zero-order valence-electron chi connectivity index (χ0n) is 5.64. The molecule has 0 amide bonds. The fourth-order valence-electron chi connectivity index (χ4n) is 0.895. The van der Waals surface area contributed by atoms with Gasteiger partial charge in [0, 0.05) is 18.5 Å². The molecule has 4 nitrogen and oxygen atoms in total. The van der Waals surface area contributed by atoms with E-state index in [1.165, 1.54) is 12.4 Å². The van der Waals surface area contributed by atoms with Crippen molar-refractivity contribution in [2.24, 2.45) is 0 Å². The number of nitrogens with zero attached hydrogens (tertiary/aromatic N) is 3. The zero-order chi connectivity index (χ0) is 7.68. The molecule has 0 bridgehead atoms. The van der Waals surface area contributed by atoms with Crippen molar-refractivity contribution in [1.82, 2.24) is 9.97 Å². The first kappa shape index (κ1) is 6.03. The maximum absolute atomic E-state index is 10.7. The average Bonchev–Trinajstić information content (AvgIpc) is 2.04. The molecule has 0 aromatic carbocycles. The molecule has 11 heavy (non-hydrogen) atoms. The SMILES string of the molecule is [O-][n+]1ccc2nccnc2c1. The van der Waals surface area contributed by atoms with Crippen LogP contribution in [0, 0.1) is 5.21 Å². The molecule has 2 heterocycles. The minimum absolute atomic E-state index is 0.616. The summed E-state index contributed by atoms with van der Waals surface area (Å²) in [5.41, 5.74) is 1.35. The summed E-state index contributed by atoms with van der Waals surface area (Å²) in [4.78, 5) is 7.97. The molecule has 4 heteroatoms. The first-order chi connectivity index (χ1) is 5.36. The van der Waals surface area contributed by atoms with Gasteiger partial charge in [0.2, 0.25) is 6.20 Å². The number of rotatable bonds is 0. The molecule has 0 radical (unpaired) electrons. The van der Waals surface area contributed by atoms with Crippen LogP contribution in [-0.2, 0) is 0 Å². The highest BCUT2D eigenvalue weighted by Gasteiger charge is 1.96. The Balaban J connectivity index is 2.83. The van der Waals surface area contributed by atoms with Crippen molar-refractivity contribution in [1.29, 1.82) is 0 Å². The summed E-state index contributed by atoms with van der Waals surface area (Å²) in [6, 6.07) is 1.63. The van der Waals surface area contributed by atoms with Gasteiger partial charge in [-0.2, -0.15) is 4.73 Å². The lowest BCUT2D eigenvalue weighted by atomic mass is 10.4. The molecule has 54 valence electrons. The van der Waals surface area contributed by atoms with Crippen LogP contribution in [0.1, 0.15) is 0 Å². The van der Waals surface area contributed by atoms with Gasteiger partial charge in [0.05, 0.1) is 0 Å². The summed E-state index contributed by atoms with van der Waals surface area (Å²) < 4.78 is 0.705. The molecule has 2 aromatic rings. The summed E-state index contributed by atoms with van der Waals surface area (Å²) in [6.45, 7) is 0. The Morgan fingerprint density at radius 2 is 1.91 bits per heavy atom. The standard InChI is InChI=1S/C7H5N3O/c11-10-4-1-6-7(5-10)9-3-2-8-6/h1-5H. The van der Waals surface area contributed by atoms with E-state index < -0.39 is 0 Å². The molecule has 0 fully saturated rings. The molecule has 0 unspecified atom stereocenters. The molecule has 0 spiro atoms. The van der Waals surface area contributed by atoms with Gasteiger partial charge in [0.1, 0.15) is 5.52 Å². The van der Waals surface area contributed by atoms with Crippen molar-refractivity contribution in [2.45, 2.75) is 0 Å². The van der Waals surface area contributed by atoms with E-state index in [0.717, 1.165) is 5.52 Å². The van der Waals surface area contributed by atoms with Crippen LogP contribution in [0.5, 0.6) is 0 Å². The number of aromatic nitrogens is 3. The fraction of sp³-hybridized carbons (Fsp3) is 0. The van der Waals surface area contributed by atoms with Gasteiger partial charge in [-0.05, 0) is 0 Å². The van der Waals surface area contributed by atoms with Crippen molar-refractivity contribution in [3.63, 3.8) is 0 Å². The molecule has 2 rings (SSSR count). The molecule has 0 saturated carbocycles. The van der Waals surface area contributed by atoms with Crippen LogP contribution >= 0.6 is 0 Å². The van der Waals surface area contributed by atoms with Crippen LogP contribution in [0.15, 0.2) is 30.9 Å². The van der Waals surface area contributed by atoms with E-state index in [2.05, 4.69) is 9.97 Å². The number of hydrogen-bond acceptors (Lipinski definition) is 3. The van der Waals surface area contributed by atoms with Crippen LogP contribution in [0.4, 0.5) is 0 Å². The van der Waals surface area contributed by atoms with E-state index in [0.29, 0.717) is 10.2 Å². The van der Waals surface area contributed by atoms with E-state index in [4.69, 9.17) is 0 Å². The van der Waals surface area contributed by atoms with Gasteiger partial charge in [-0.1, -0.05) is 0 Å². The fourth-order valence-corrected chi connectivity index (χ4v) is 0.895. The topological polar surface area (TPSA) is 52.7 Å². The largest absolute Gasteiger partial charge is 0.619 e. The third-order valence-electron chi connectivity index (χ3n) is 1.39. The molecule has 0 aliphatic carbocycles. The van der Waals surface area contributed by atoms with Gasteiger partial charge in [-0.3, -0.25) is 4.98 Å². The van der Waals surface area contributed by atoms with Gasteiger partial charge < -0.3 is 5.21 Å². The lowest BCUT2D eigenvalue weighted by Crippen LogP contribution is -2.23. The molecular formula is C7H5N3O. The van der Waals surface area contributed by atoms with Gasteiger partial charge >= 0.3 is 0 Å². The second-order valence-corrected chi connectivity index (χ2v) is 2.13. The monoisotopic (exact) mass is 147 g/mol. The normalized spacial score (nSPS) is 10.2. The Morgan fingerprint density at radius 1 is 1.18 bits per heavy atom. The van der Waals surface area contributed by atoms with E-state index in [1.54, 1.807) is 18.5 Å². The first-order valence-electron chi connectivity index (χ1n) is 3.16. The average molecular weight is 147 g/mol. The molecule has 2 aromatic heterocycles.